The molecule has 3 rings (SSSR count). The molecule has 6 heteroatoms. The highest BCUT2D eigenvalue weighted by molar-refractivity contribution is 7.98. The highest BCUT2D eigenvalue weighted by Gasteiger charge is 2.17. The summed E-state index contributed by atoms with van der Waals surface area (Å²) in [5.41, 5.74) is 8.90. The maximum Gasteiger partial charge on any atom is 0.269 e. The van der Waals surface area contributed by atoms with Crippen LogP contribution in [-0.4, -0.2) is 10.7 Å². The monoisotopic (exact) mass is 320 g/mol. The van der Waals surface area contributed by atoms with Crippen LogP contribution in [0.1, 0.15) is 26.9 Å². The number of nitro benzene ring substituents is 1. The first kappa shape index (κ1) is 14.6. The fraction of sp³-hybridized carbons (Fsp3) is 0.333. The molecule has 4 nitrogen and oxygen atoms in total. The van der Waals surface area contributed by atoms with Gasteiger partial charge >= 0.3 is 0 Å². The molecule has 0 spiro atoms. The maximum atomic E-state index is 10.6. The number of thioether (sulfide) groups is 1. The number of rotatable bonds is 4. The summed E-state index contributed by atoms with van der Waals surface area (Å²) in [5.74, 6) is 2.29. The predicted octanol–water partition coefficient (Wildman–Crippen LogP) is 3.69. The molecule has 1 aliphatic heterocycles. The lowest BCUT2D eigenvalue weighted by molar-refractivity contribution is -0.384. The molecule has 1 aromatic heterocycles. The number of benzene rings is 1. The van der Waals surface area contributed by atoms with Crippen molar-refractivity contribution in [3.05, 3.63) is 61.3 Å². The van der Waals surface area contributed by atoms with Gasteiger partial charge in [-0.2, -0.15) is 11.8 Å². The normalized spacial score (nSPS) is 15.5. The predicted molar refractivity (Wildman–Crippen MR) is 87.9 cm³/mol. The van der Waals surface area contributed by atoms with Crippen LogP contribution in [0.25, 0.3) is 0 Å². The molecule has 110 valence electrons. The van der Waals surface area contributed by atoms with Gasteiger partial charge in [0.1, 0.15) is 0 Å². The van der Waals surface area contributed by atoms with Crippen molar-refractivity contribution < 1.29 is 4.92 Å². The Bertz CT molecular complexity index is 629. The Kier molecular flexibility index (Phi) is 4.28. The van der Waals surface area contributed by atoms with Gasteiger partial charge in [0.2, 0.25) is 0 Å². The van der Waals surface area contributed by atoms with Gasteiger partial charge in [-0.05, 0) is 35.8 Å². The molecule has 0 amide bonds. The molecule has 1 atom stereocenters. The van der Waals surface area contributed by atoms with Gasteiger partial charge in [0.25, 0.3) is 5.69 Å². The first-order chi connectivity index (χ1) is 10.1. The molecule has 0 saturated carbocycles. The van der Waals surface area contributed by atoms with Crippen LogP contribution in [-0.2, 0) is 18.6 Å². The SMILES string of the molecule is NC(Cc1ccc([N+](=O)[O-])cc1)c1cc2c(s1)CCSC2. The highest BCUT2D eigenvalue weighted by atomic mass is 32.2. The Balaban J connectivity index is 1.72. The second-order valence-corrected chi connectivity index (χ2v) is 7.41. The quantitative estimate of drug-likeness (QED) is 0.689. The maximum absolute atomic E-state index is 10.6. The minimum absolute atomic E-state index is 0.0351. The van der Waals surface area contributed by atoms with Crippen molar-refractivity contribution in [2.45, 2.75) is 24.6 Å². The van der Waals surface area contributed by atoms with E-state index in [-0.39, 0.29) is 16.7 Å². The number of fused-ring (bicyclic) bond motifs is 1. The van der Waals surface area contributed by atoms with Crippen LogP contribution in [0.5, 0.6) is 0 Å². The number of thiophene rings is 1. The van der Waals surface area contributed by atoms with Crippen molar-refractivity contribution in [3.8, 4) is 0 Å². The summed E-state index contributed by atoms with van der Waals surface area (Å²) in [5, 5.41) is 10.6. The molecule has 0 fully saturated rings. The summed E-state index contributed by atoms with van der Waals surface area (Å²) < 4.78 is 0. The second-order valence-electron chi connectivity index (χ2n) is 5.13. The molecule has 1 aliphatic rings. The molecular formula is C15H16N2O2S2. The standard InChI is InChI=1S/C15H16N2O2S2/c16-13(7-10-1-3-12(4-2-10)17(18)19)15-8-11-9-20-6-5-14(11)21-15/h1-4,8,13H,5-7,9,16H2. The van der Waals surface area contributed by atoms with E-state index < -0.39 is 0 Å². The van der Waals surface area contributed by atoms with E-state index in [1.165, 1.54) is 33.2 Å². The Morgan fingerprint density at radius 1 is 1.33 bits per heavy atom. The fourth-order valence-electron chi connectivity index (χ4n) is 2.46. The van der Waals surface area contributed by atoms with Crippen LogP contribution < -0.4 is 5.73 Å². The zero-order valence-corrected chi connectivity index (χ0v) is 13.1. The van der Waals surface area contributed by atoms with E-state index >= 15 is 0 Å². The number of nitrogens with two attached hydrogens (primary N) is 1. The first-order valence-electron chi connectivity index (χ1n) is 6.81. The van der Waals surface area contributed by atoms with Gasteiger partial charge in [-0.15, -0.1) is 11.3 Å². The van der Waals surface area contributed by atoms with Crippen LogP contribution in [0.2, 0.25) is 0 Å². The number of hydrogen-bond donors (Lipinski definition) is 1. The minimum atomic E-state index is -0.380. The van der Waals surface area contributed by atoms with Gasteiger partial charge in [-0.3, -0.25) is 10.1 Å². The van der Waals surface area contributed by atoms with E-state index in [1.807, 2.05) is 23.1 Å². The highest BCUT2D eigenvalue weighted by Crippen LogP contribution is 2.34. The van der Waals surface area contributed by atoms with E-state index in [2.05, 4.69) is 6.07 Å². The largest absolute Gasteiger partial charge is 0.323 e. The average molecular weight is 320 g/mol. The Morgan fingerprint density at radius 3 is 2.76 bits per heavy atom. The van der Waals surface area contributed by atoms with E-state index in [1.54, 1.807) is 12.1 Å². The van der Waals surface area contributed by atoms with Crippen molar-refractivity contribution in [1.29, 1.82) is 0 Å². The van der Waals surface area contributed by atoms with E-state index in [4.69, 9.17) is 5.73 Å². The number of non-ortho nitro benzene ring substituents is 1. The van der Waals surface area contributed by atoms with Crippen molar-refractivity contribution in [3.63, 3.8) is 0 Å². The third-order valence-electron chi connectivity index (χ3n) is 3.61. The topological polar surface area (TPSA) is 69.2 Å². The van der Waals surface area contributed by atoms with Gasteiger partial charge in [0, 0.05) is 33.7 Å². The molecular weight excluding hydrogens is 304 g/mol. The van der Waals surface area contributed by atoms with Gasteiger partial charge < -0.3 is 5.73 Å². The summed E-state index contributed by atoms with van der Waals surface area (Å²) in [6, 6.07) is 8.87. The lowest BCUT2D eigenvalue weighted by atomic mass is 10.0. The smallest absolute Gasteiger partial charge is 0.269 e. The minimum Gasteiger partial charge on any atom is -0.323 e. The Morgan fingerprint density at radius 2 is 2.10 bits per heavy atom. The van der Waals surface area contributed by atoms with E-state index in [0.29, 0.717) is 6.42 Å². The van der Waals surface area contributed by atoms with E-state index in [0.717, 1.165) is 17.7 Å². The van der Waals surface area contributed by atoms with Gasteiger partial charge in [0.15, 0.2) is 0 Å². The lowest BCUT2D eigenvalue weighted by Gasteiger charge is -2.09. The van der Waals surface area contributed by atoms with Crippen molar-refractivity contribution in [1.82, 2.24) is 0 Å². The molecule has 1 aromatic carbocycles. The van der Waals surface area contributed by atoms with Crippen LogP contribution in [0.4, 0.5) is 5.69 Å². The zero-order chi connectivity index (χ0) is 14.8. The van der Waals surface area contributed by atoms with Gasteiger partial charge in [0.05, 0.1) is 4.92 Å². The van der Waals surface area contributed by atoms with Crippen molar-refractivity contribution in [2.75, 3.05) is 5.75 Å². The van der Waals surface area contributed by atoms with Crippen LogP contribution in [0.15, 0.2) is 30.3 Å². The van der Waals surface area contributed by atoms with Crippen molar-refractivity contribution in [2.24, 2.45) is 5.73 Å². The number of nitro groups is 1. The van der Waals surface area contributed by atoms with Gasteiger partial charge in [-0.1, -0.05) is 12.1 Å². The molecule has 2 N–H and O–H groups in total. The Labute approximate surface area is 131 Å². The Hall–Kier alpha value is -1.37. The number of nitrogens with zero attached hydrogens (tertiary/aromatic N) is 1. The van der Waals surface area contributed by atoms with Crippen LogP contribution in [0, 0.1) is 10.1 Å². The summed E-state index contributed by atoms with van der Waals surface area (Å²) in [6.07, 6.45) is 1.86. The molecule has 2 heterocycles. The molecule has 1 unspecified atom stereocenters. The molecule has 2 aromatic rings. The summed E-state index contributed by atoms with van der Waals surface area (Å²) in [7, 11) is 0. The fourth-order valence-corrected chi connectivity index (χ4v) is 4.84. The summed E-state index contributed by atoms with van der Waals surface area (Å²) >= 11 is 3.80. The van der Waals surface area contributed by atoms with E-state index in [9.17, 15) is 10.1 Å². The van der Waals surface area contributed by atoms with Crippen molar-refractivity contribution >= 4 is 28.8 Å². The third kappa shape index (κ3) is 3.28. The van der Waals surface area contributed by atoms with Gasteiger partial charge in [-0.25, -0.2) is 0 Å². The zero-order valence-electron chi connectivity index (χ0n) is 11.5. The van der Waals surface area contributed by atoms with Crippen LogP contribution >= 0.6 is 23.1 Å². The number of aryl methyl sites for hydroxylation is 1. The lowest BCUT2D eigenvalue weighted by Crippen LogP contribution is -2.11. The summed E-state index contributed by atoms with van der Waals surface area (Å²) in [6.45, 7) is 0. The number of hydrogen-bond acceptors (Lipinski definition) is 5. The molecule has 0 radical (unpaired) electrons. The molecule has 0 bridgehead atoms. The third-order valence-corrected chi connectivity index (χ3v) is 5.99. The molecule has 21 heavy (non-hydrogen) atoms. The summed E-state index contributed by atoms with van der Waals surface area (Å²) in [4.78, 5) is 13.0. The average Bonchev–Trinajstić information content (AvgIpc) is 2.92. The first-order valence-corrected chi connectivity index (χ1v) is 8.79. The second kappa shape index (κ2) is 6.17. The molecule has 0 aliphatic carbocycles. The molecule has 0 saturated heterocycles. The van der Waals surface area contributed by atoms with Crippen LogP contribution in [0.3, 0.4) is 0 Å².